The van der Waals surface area contributed by atoms with Gasteiger partial charge in [0.05, 0.1) is 11.6 Å². The van der Waals surface area contributed by atoms with Crippen LogP contribution in [0.1, 0.15) is 31.2 Å². The van der Waals surface area contributed by atoms with Gasteiger partial charge in [-0.15, -0.1) is 0 Å². The predicted octanol–water partition coefficient (Wildman–Crippen LogP) is 3.45. The summed E-state index contributed by atoms with van der Waals surface area (Å²) < 4.78 is 0. The van der Waals surface area contributed by atoms with Crippen LogP contribution in [0.25, 0.3) is 0 Å². The van der Waals surface area contributed by atoms with Gasteiger partial charge >= 0.3 is 0 Å². The van der Waals surface area contributed by atoms with E-state index >= 15 is 0 Å². The van der Waals surface area contributed by atoms with Crippen LogP contribution in [0.3, 0.4) is 0 Å². The third-order valence-corrected chi connectivity index (χ3v) is 3.66. The number of aromatic nitrogens is 2. The molecule has 1 saturated carbocycles. The number of nitriles is 1. The van der Waals surface area contributed by atoms with Crippen molar-refractivity contribution in [3.8, 4) is 6.07 Å². The van der Waals surface area contributed by atoms with Crippen molar-refractivity contribution in [1.29, 1.82) is 5.26 Å². The molecule has 1 aliphatic rings. The van der Waals surface area contributed by atoms with Gasteiger partial charge in [0.25, 0.3) is 0 Å². The average Bonchev–Trinajstić information content (AvgIpc) is 3.01. The van der Waals surface area contributed by atoms with Gasteiger partial charge in [0, 0.05) is 17.8 Å². The van der Waals surface area contributed by atoms with Crippen LogP contribution in [0.15, 0.2) is 36.7 Å². The summed E-state index contributed by atoms with van der Waals surface area (Å²) in [6.45, 7) is 0. The van der Waals surface area contributed by atoms with Crippen LogP contribution in [0, 0.1) is 11.3 Å². The standard InChI is InChI=1S/C16H17N5/c17-10-12-5-7-14(8-6-12)21-16-9-15(18-11-19-16)20-13-3-1-2-4-13/h5-9,11,13H,1-4H2,(H2,18,19,20,21). The number of nitrogens with one attached hydrogen (secondary N) is 2. The largest absolute Gasteiger partial charge is 0.367 e. The van der Waals surface area contributed by atoms with E-state index in [9.17, 15) is 0 Å². The molecule has 21 heavy (non-hydrogen) atoms. The summed E-state index contributed by atoms with van der Waals surface area (Å²) in [4.78, 5) is 8.49. The molecule has 1 aromatic carbocycles. The smallest absolute Gasteiger partial charge is 0.135 e. The fourth-order valence-electron chi connectivity index (χ4n) is 2.56. The summed E-state index contributed by atoms with van der Waals surface area (Å²) in [5, 5.41) is 15.5. The number of hydrogen-bond acceptors (Lipinski definition) is 5. The summed E-state index contributed by atoms with van der Waals surface area (Å²) in [7, 11) is 0. The summed E-state index contributed by atoms with van der Waals surface area (Å²) >= 11 is 0. The molecule has 2 aromatic rings. The second-order valence-electron chi connectivity index (χ2n) is 5.23. The van der Waals surface area contributed by atoms with Crippen LogP contribution in [-0.2, 0) is 0 Å². The van der Waals surface area contributed by atoms with Gasteiger partial charge in [0.15, 0.2) is 0 Å². The van der Waals surface area contributed by atoms with E-state index < -0.39 is 0 Å². The molecule has 106 valence electrons. The molecular weight excluding hydrogens is 262 g/mol. The molecule has 2 N–H and O–H groups in total. The highest BCUT2D eigenvalue weighted by Crippen LogP contribution is 2.22. The second-order valence-corrected chi connectivity index (χ2v) is 5.23. The lowest BCUT2D eigenvalue weighted by Crippen LogP contribution is -2.15. The maximum absolute atomic E-state index is 8.79. The molecule has 1 aliphatic carbocycles. The monoisotopic (exact) mass is 279 g/mol. The molecular formula is C16H17N5. The van der Waals surface area contributed by atoms with Crippen molar-refractivity contribution >= 4 is 17.3 Å². The summed E-state index contributed by atoms with van der Waals surface area (Å²) in [6, 6.07) is 11.8. The Kier molecular flexibility index (Phi) is 3.97. The Bertz CT molecular complexity index is 638. The summed E-state index contributed by atoms with van der Waals surface area (Å²) in [6.07, 6.45) is 6.56. The Morgan fingerprint density at radius 1 is 1.05 bits per heavy atom. The highest BCUT2D eigenvalue weighted by Gasteiger charge is 2.15. The molecule has 1 fully saturated rings. The first-order valence-corrected chi connectivity index (χ1v) is 7.19. The summed E-state index contributed by atoms with van der Waals surface area (Å²) in [5.41, 5.74) is 1.55. The first-order valence-electron chi connectivity index (χ1n) is 7.19. The third kappa shape index (κ3) is 3.48. The lowest BCUT2D eigenvalue weighted by molar-refractivity contribution is 0.750. The maximum atomic E-state index is 8.79. The van der Waals surface area contributed by atoms with E-state index in [1.165, 1.54) is 25.7 Å². The SMILES string of the molecule is N#Cc1ccc(Nc2cc(NC3CCCC3)ncn2)cc1. The fourth-order valence-corrected chi connectivity index (χ4v) is 2.56. The van der Waals surface area contributed by atoms with Crippen molar-refractivity contribution in [3.05, 3.63) is 42.2 Å². The van der Waals surface area contributed by atoms with Gasteiger partial charge in [0.1, 0.15) is 18.0 Å². The van der Waals surface area contributed by atoms with Gasteiger partial charge in [-0.2, -0.15) is 5.26 Å². The first kappa shape index (κ1) is 13.4. The molecule has 0 aliphatic heterocycles. The van der Waals surface area contributed by atoms with E-state index in [-0.39, 0.29) is 0 Å². The van der Waals surface area contributed by atoms with E-state index in [4.69, 9.17) is 5.26 Å². The van der Waals surface area contributed by atoms with Crippen molar-refractivity contribution in [2.75, 3.05) is 10.6 Å². The van der Waals surface area contributed by atoms with Crippen LogP contribution in [0.4, 0.5) is 17.3 Å². The van der Waals surface area contributed by atoms with Crippen LogP contribution in [0.5, 0.6) is 0 Å². The maximum Gasteiger partial charge on any atom is 0.135 e. The molecule has 0 amide bonds. The molecule has 0 spiro atoms. The highest BCUT2D eigenvalue weighted by molar-refractivity contribution is 5.59. The van der Waals surface area contributed by atoms with Gasteiger partial charge in [-0.05, 0) is 37.1 Å². The zero-order valence-electron chi connectivity index (χ0n) is 11.7. The van der Waals surface area contributed by atoms with Gasteiger partial charge < -0.3 is 10.6 Å². The van der Waals surface area contributed by atoms with E-state index in [0.717, 1.165) is 17.3 Å². The van der Waals surface area contributed by atoms with Crippen LogP contribution < -0.4 is 10.6 Å². The fraction of sp³-hybridized carbons (Fsp3) is 0.312. The Balaban J connectivity index is 1.68. The van der Waals surface area contributed by atoms with Crippen molar-refractivity contribution < 1.29 is 0 Å². The summed E-state index contributed by atoms with van der Waals surface area (Å²) in [5.74, 6) is 1.60. The lowest BCUT2D eigenvalue weighted by atomic mass is 10.2. The number of benzene rings is 1. The first-order chi connectivity index (χ1) is 10.3. The van der Waals surface area contributed by atoms with E-state index in [1.54, 1.807) is 18.5 Å². The highest BCUT2D eigenvalue weighted by atomic mass is 15.1. The van der Waals surface area contributed by atoms with Gasteiger partial charge in [-0.3, -0.25) is 0 Å². The zero-order chi connectivity index (χ0) is 14.5. The van der Waals surface area contributed by atoms with Crippen molar-refractivity contribution in [2.45, 2.75) is 31.7 Å². The van der Waals surface area contributed by atoms with Crippen molar-refractivity contribution in [2.24, 2.45) is 0 Å². The normalized spacial score (nSPS) is 14.6. The zero-order valence-corrected chi connectivity index (χ0v) is 11.7. The number of nitrogens with zero attached hydrogens (tertiary/aromatic N) is 3. The minimum absolute atomic E-state index is 0.530. The number of rotatable bonds is 4. The topological polar surface area (TPSA) is 73.6 Å². The molecule has 0 saturated heterocycles. The number of hydrogen-bond donors (Lipinski definition) is 2. The van der Waals surface area contributed by atoms with Gasteiger partial charge in [-0.25, -0.2) is 9.97 Å². The second kappa shape index (κ2) is 6.23. The van der Waals surface area contributed by atoms with Crippen molar-refractivity contribution in [1.82, 2.24) is 9.97 Å². The quantitative estimate of drug-likeness (QED) is 0.896. The molecule has 5 nitrogen and oxygen atoms in total. The Hall–Kier alpha value is -2.61. The molecule has 0 unspecified atom stereocenters. The molecule has 0 atom stereocenters. The van der Waals surface area contributed by atoms with E-state index in [2.05, 4.69) is 26.7 Å². The Morgan fingerprint density at radius 3 is 2.48 bits per heavy atom. The van der Waals surface area contributed by atoms with Crippen LogP contribution in [0.2, 0.25) is 0 Å². The molecule has 5 heteroatoms. The number of anilines is 3. The molecule has 1 heterocycles. The minimum atomic E-state index is 0.530. The third-order valence-electron chi connectivity index (χ3n) is 3.66. The van der Waals surface area contributed by atoms with Crippen LogP contribution in [-0.4, -0.2) is 16.0 Å². The Morgan fingerprint density at radius 2 is 1.76 bits per heavy atom. The molecule has 0 radical (unpaired) electrons. The van der Waals surface area contributed by atoms with Crippen LogP contribution >= 0.6 is 0 Å². The molecule has 0 bridgehead atoms. The van der Waals surface area contributed by atoms with E-state index in [1.807, 2.05) is 18.2 Å². The van der Waals surface area contributed by atoms with E-state index in [0.29, 0.717) is 11.6 Å². The average molecular weight is 279 g/mol. The minimum Gasteiger partial charge on any atom is -0.367 e. The molecule has 1 aromatic heterocycles. The molecule has 3 rings (SSSR count). The lowest BCUT2D eigenvalue weighted by Gasteiger charge is -2.13. The van der Waals surface area contributed by atoms with Crippen molar-refractivity contribution in [3.63, 3.8) is 0 Å². The van der Waals surface area contributed by atoms with Gasteiger partial charge in [-0.1, -0.05) is 12.8 Å². The Labute approximate surface area is 124 Å². The predicted molar refractivity (Wildman–Crippen MR) is 82.4 cm³/mol. The van der Waals surface area contributed by atoms with Gasteiger partial charge in [0.2, 0.25) is 0 Å².